The quantitative estimate of drug-likeness (QED) is 0.196. The van der Waals surface area contributed by atoms with Gasteiger partial charge >= 0.3 is 0 Å². The Labute approximate surface area is 279 Å². The first-order valence-corrected chi connectivity index (χ1v) is 16.6. The van der Waals surface area contributed by atoms with Crippen molar-refractivity contribution in [3.8, 4) is 39.4 Å². The SMILES string of the molecule is CC1(C)c2ccccc2-c2cc(-n3c4ccccc4c4cc(-c5ccc6c(c5)Oc5ccccc5N6c5ccccc5)ccc43)ccc21. The molecule has 10 rings (SSSR count). The fraction of sp³-hybridized carbons (Fsp3) is 0.0667. The van der Waals surface area contributed by atoms with Crippen molar-refractivity contribution in [3.05, 3.63) is 169 Å². The summed E-state index contributed by atoms with van der Waals surface area (Å²) in [6.07, 6.45) is 0. The van der Waals surface area contributed by atoms with Crippen molar-refractivity contribution >= 4 is 38.9 Å². The molecule has 1 aromatic heterocycles. The standard InChI is InChI=1S/C45H32N2O/c1-45(2)37-16-8-6-14-33(37)35-28-32(22-23-38(35)45)47-39-17-9-7-15-34(39)36-26-29(20-24-40(36)47)30-21-25-42-44(27-30)48-43-19-11-10-18-41(43)46(42)31-12-4-3-5-13-31/h3-28H,1-2H3. The normalized spacial score (nSPS) is 13.9. The summed E-state index contributed by atoms with van der Waals surface area (Å²) in [6, 6.07) is 56.8. The Balaban J connectivity index is 1.11. The molecule has 0 amide bonds. The van der Waals surface area contributed by atoms with E-state index in [1.54, 1.807) is 0 Å². The van der Waals surface area contributed by atoms with Gasteiger partial charge in [0, 0.05) is 27.6 Å². The van der Waals surface area contributed by atoms with Crippen LogP contribution < -0.4 is 9.64 Å². The molecule has 228 valence electrons. The molecule has 1 aliphatic heterocycles. The Kier molecular flexibility index (Phi) is 5.63. The lowest BCUT2D eigenvalue weighted by molar-refractivity contribution is 0.477. The van der Waals surface area contributed by atoms with Crippen LogP contribution in [0.25, 0.3) is 49.7 Å². The smallest absolute Gasteiger partial charge is 0.152 e. The first-order valence-electron chi connectivity index (χ1n) is 16.6. The highest BCUT2D eigenvalue weighted by Gasteiger charge is 2.35. The van der Waals surface area contributed by atoms with Gasteiger partial charge in [0.15, 0.2) is 11.5 Å². The highest BCUT2D eigenvalue weighted by atomic mass is 16.5. The molecule has 2 heterocycles. The third-order valence-corrected chi connectivity index (χ3v) is 10.4. The number of nitrogens with zero attached hydrogens (tertiary/aromatic N) is 2. The molecule has 0 saturated carbocycles. The second-order valence-electron chi connectivity index (χ2n) is 13.4. The lowest BCUT2D eigenvalue weighted by Gasteiger charge is -2.33. The van der Waals surface area contributed by atoms with Crippen molar-refractivity contribution in [3.63, 3.8) is 0 Å². The second kappa shape index (κ2) is 9.97. The third kappa shape index (κ3) is 3.82. The minimum atomic E-state index is -0.0149. The van der Waals surface area contributed by atoms with Crippen molar-refractivity contribution in [2.75, 3.05) is 4.90 Å². The maximum absolute atomic E-state index is 6.54. The fourth-order valence-corrected chi connectivity index (χ4v) is 8.07. The van der Waals surface area contributed by atoms with Crippen LogP contribution in [0, 0.1) is 0 Å². The molecule has 1 aliphatic carbocycles. The average molecular weight is 617 g/mol. The number of benzene rings is 7. The van der Waals surface area contributed by atoms with E-state index in [2.05, 4.69) is 169 Å². The van der Waals surface area contributed by atoms with E-state index in [1.165, 1.54) is 49.7 Å². The third-order valence-electron chi connectivity index (χ3n) is 10.4. The zero-order valence-electron chi connectivity index (χ0n) is 26.8. The molecule has 0 unspecified atom stereocenters. The molecule has 0 N–H and O–H groups in total. The van der Waals surface area contributed by atoms with Crippen LogP contribution in [0.5, 0.6) is 11.5 Å². The Hall–Kier alpha value is -6.06. The first-order chi connectivity index (χ1) is 23.6. The Morgan fingerprint density at radius 2 is 1.15 bits per heavy atom. The van der Waals surface area contributed by atoms with Crippen molar-refractivity contribution in [1.82, 2.24) is 4.57 Å². The number of ether oxygens (including phenoxy) is 1. The monoisotopic (exact) mass is 616 g/mol. The Morgan fingerprint density at radius 1 is 0.458 bits per heavy atom. The van der Waals surface area contributed by atoms with E-state index in [1.807, 2.05) is 12.1 Å². The molecule has 48 heavy (non-hydrogen) atoms. The van der Waals surface area contributed by atoms with E-state index < -0.39 is 0 Å². The number of fused-ring (bicyclic) bond motifs is 8. The van der Waals surface area contributed by atoms with Gasteiger partial charge in [-0.15, -0.1) is 0 Å². The number of para-hydroxylation sites is 4. The number of hydrogen-bond donors (Lipinski definition) is 0. The Morgan fingerprint density at radius 3 is 2.06 bits per heavy atom. The minimum absolute atomic E-state index is 0.0149. The molecular weight excluding hydrogens is 585 g/mol. The van der Waals surface area contributed by atoms with Crippen LogP contribution in [0.1, 0.15) is 25.0 Å². The molecule has 3 heteroatoms. The number of aromatic nitrogens is 1. The fourth-order valence-electron chi connectivity index (χ4n) is 8.07. The van der Waals surface area contributed by atoms with E-state index in [-0.39, 0.29) is 5.41 Å². The average Bonchev–Trinajstić information content (AvgIpc) is 3.58. The van der Waals surface area contributed by atoms with E-state index in [0.717, 1.165) is 39.7 Å². The first kappa shape index (κ1) is 27.1. The predicted molar refractivity (Wildman–Crippen MR) is 199 cm³/mol. The van der Waals surface area contributed by atoms with Gasteiger partial charge in [0.1, 0.15) is 0 Å². The zero-order valence-corrected chi connectivity index (χ0v) is 26.8. The van der Waals surface area contributed by atoms with Gasteiger partial charge in [-0.1, -0.05) is 105 Å². The molecule has 3 nitrogen and oxygen atoms in total. The summed E-state index contributed by atoms with van der Waals surface area (Å²) in [5.41, 5.74) is 14.5. The minimum Gasteiger partial charge on any atom is -0.453 e. The van der Waals surface area contributed by atoms with E-state index in [4.69, 9.17) is 4.74 Å². The van der Waals surface area contributed by atoms with Gasteiger partial charge in [-0.25, -0.2) is 0 Å². The van der Waals surface area contributed by atoms with Gasteiger partial charge in [0.05, 0.1) is 22.4 Å². The van der Waals surface area contributed by atoms with E-state index >= 15 is 0 Å². The van der Waals surface area contributed by atoms with Gasteiger partial charge in [-0.05, 0) is 100 Å². The molecule has 8 aromatic rings. The molecule has 0 saturated heterocycles. The van der Waals surface area contributed by atoms with Crippen LogP contribution >= 0.6 is 0 Å². The molecule has 0 fully saturated rings. The summed E-state index contributed by atoms with van der Waals surface area (Å²) >= 11 is 0. The summed E-state index contributed by atoms with van der Waals surface area (Å²) in [4.78, 5) is 2.28. The van der Waals surface area contributed by atoms with Gasteiger partial charge < -0.3 is 14.2 Å². The topological polar surface area (TPSA) is 17.4 Å². The summed E-state index contributed by atoms with van der Waals surface area (Å²) < 4.78 is 8.97. The van der Waals surface area contributed by atoms with Crippen LogP contribution in [-0.2, 0) is 5.41 Å². The van der Waals surface area contributed by atoms with Crippen molar-refractivity contribution in [1.29, 1.82) is 0 Å². The lowest BCUT2D eigenvalue weighted by Crippen LogP contribution is -2.15. The Bertz CT molecular complexity index is 2580. The molecular formula is C45H32N2O. The number of hydrogen-bond acceptors (Lipinski definition) is 2. The number of rotatable bonds is 3. The molecule has 0 atom stereocenters. The molecule has 2 aliphatic rings. The maximum Gasteiger partial charge on any atom is 0.152 e. The molecule has 7 aromatic carbocycles. The van der Waals surface area contributed by atoms with Crippen LogP contribution in [0.2, 0.25) is 0 Å². The lowest BCUT2D eigenvalue weighted by atomic mass is 9.82. The van der Waals surface area contributed by atoms with Gasteiger partial charge in [0.2, 0.25) is 0 Å². The molecule has 0 bridgehead atoms. The van der Waals surface area contributed by atoms with E-state index in [0.29, 0.717) is 0 Å². The van der Waals surface area contributed by atoms with Crippen LogP contribution in [0.4, 0.5) is 17.1 Å². The van der Waals surface area contributed by atoms with Crippen LogP contribution in [0.3, 0.4) is 0 Å². The van der Waals surface area contributed by atoms with E-state index in [9.17, 15) is 0 Å². The van der Waals surface area contributed by atoms with Gasteiger partial charge in [-0.3, -0.25) is 0 Å². The predicted octanol–water partition coefficient (Wildman–Crippen LogP) is 12.3. The molecule has 0 spiro atoms. The second-order valence-corrected chi connectivity index (χ2v) is 13.4. The van der Waals surface area contributed by atoms with Gasteiger partial charge in [0.25, 0.3) is 0 Å². The summed E-state index contributed by atoms with van der Waals surface area (Å²) in [6.45, 7) is 4.67. The summed E-state index contributed by atoms with van der Waals surface area (Å²) in [7, 11) is 0. The highest BCUT2D eigenvalue weighted by Crippen LogP contribution is 2.52. The van der Waals surface area contributed by atoms with Crippen LogP contribution in [0.15, 0.2) is 158 Å². The summed E-state index contributed by atoms with van der Waals surface area (Å²) in [5, 5.41) is 2.48. The zero-order chi connectivity index (χ0) is 32.0. The summed E-state index contributed by atoms with van der Waals surface area (Å²) in [5.74, 6) is 1.70. The van der Waals surface area contributed by atoms with Crippen molar-refractivity contribution in [2.24, 2.45) is 0 Å². The molecule has 0 radical (unpaired) electrons. The highest BCUT2D eigenvalue weighted by molar-refractivity contribution is 6.10. The van der Waals surface area contributed by atoms with Crippen LogP contribution in [-0.4, -0.2) is 4.57 Å². The van der Waals surface area contributed by atoms with Gasteiger partial charge in [-0.2, -0.15) is 0 Å². The van der Waals surface area contributed by atoms with Crippen molar-refractivity contribution in [2.45, 2.75) is 19.3 Å². The maximum atomic E-state index is 6.54. The number of anilines is 3. The largest absolute Gasteiger partial charge is 0.453 e. The van der Waals surface area contributed by atoms with Crippen molar-refractivity contribution < 1.29 is 4.74 Å².